The van der Waals surface area contributed by atoms with Crippen LogP contribution < -0.4 is 0 Å². The first-order chi connectivity index (χ1) is 7.16. The van der Waals surface area contributed by atoms with Gasteiger partial charge in [-0.25, -0.2) is 4.98 Å². The van der Waals surface area contributed by atoms with E-state index in [2.05, 4.69) is 16.8 Å². The zero-order valence-corrected chi connectivity index (χ0v) is 9.48. The van der Waals surface area contributed by atoms with Crippen molar-refractivity contribution >= 4 is 11.6 Å². The van der Waals surface area contributed by atoms with Gasteiger partial charge in [0.25, 0.3) is 0 Å². The third kappa shape index (κ3) is 2.48. The van der Waals surface area contributed by atoms with Gasteiger partial charge >= 0.3 is 0 Å². The van der Waals surface area contributed by atoms with Crippen molar-refractivity contribution in [2.45, 2.75) is 19.6 Å². The fraction of sp³-hybridized carbons (Fsp3) is 0.545. The first kappa shape index (κ1) is 10.9. The standard InChI is InChI=1S/C11H15ClN2O/c1-8-5-14(7-10(8)15)6-9-3-2-4-13-11(9)12/h2-4,8,10,15H,5-7H2,1H3. The minimum Gasteiger partial charge on any atom is -0.391 e. The lowest BCUT2D eigenvalue weighted by Crippen LogP contribution is -2.21. The second kappa shape index (κ2) is 4.47. The van der Waals surface area contributed by atoms with Crippen molar-refractivity contribution < 1.29 is 5.11 Å². The Morgan fingerprint density at radius 3 is 3.00 bits per heavy atom. The quantitative estimate of drug-likeness (QED) is 0.778. The van der Waals surface area contributed by atoms with Crippen molar-refractivity contribution in [2.75, 3.05) is 13.1 Å². The molecule has 0 radical (unpaired) electrons. The molecule has 82 valence electrons. The van der Waals surface area contributed by atoms with Crippen LogP contribution in [0.2, 0.25) is 5.15 Å². The van der Waals surface area contributed by atoms with Crippen molar-refractivity contribution in [1.82, 2.24) is 9.88 Å². The van der Waals surface area contributed by atoms with E-state index in [4.69, 9.17) is 11.6 Å². The molecule has 4 heteroatoms. The third-order valence-electron chi connectivity index (χ3n) is 2.88. The Kier molecular flexibility index (Phi) is 3.24. The van der Waals surface area contributed by atoms with Crippen LogP contribution in [0.25, 0.3) is 0 Å². The van der Waals surface area contributed by atoms with Crippen LogP contribution in [-0.2, 0) is 6.54 Å². The molecule has 2 atom stereocenters. The van der Waals surface area contributed by atoms with E-state index in [1.54, 1.807) is 6.20 Å². The van der Waals surface area contributed by atoms with Gasteiger partial charge in [0.2, 0.25) is 0 Å². The van der Waals surface area contributed by atoms with Crippen molar-refractivity contribution in [3.05, 3.63) is 29.0 Å². The third-order valence-corrected chi connectivity index (χ3v) is 3.22. The maximum Gasteiger partial charge on any atom is 0.133 e. The number of likely N-dealkylation sites (tertiary alicyclic amines) is 1. The van der Waals surface area contributed by atoms with Gasteiger partial charge in [-0.1, -0.05) is 24.6 Å². The Hall–Kier alpha value is -0.640. The van der Waals surface area contributed by atoms with E-state index in [-0.39, 0.29) is 6.10 Å². The summed E-state index contributed by atoms with van der Waals surface area (Å²) in [5, 5.41) is 10.2. The van der Waals surface area contributed by atoms with Crippen LogP contribution in [0.4, 0.5) is 0 Å². The first-order valence-electron chi connectivity index (χ1n) is 5.16. The van der Waals surface area contributed by atoms with Crippen LogP contribution in [0.15, 0.2) is 18.3 Å². The van der Waals surface area contributed by atoms with Gasteiger partial charge in [0, 0.05) is 31.4 Å². The summed E-state index contributed by atoms with van der Waals surface area (Å²) >= 11 is 5.98. The molecule has 0 spiro atoms. The monoisotopic (exact) mass is 226 g/mol. The SMILES string of the molecule is CC1CN(Cc2cccnc2Cl)CC1O. The normalized spacial score (nSPS) is 27.1. The Balaban J connectivity index is 2.01. The Morgan fingerprint density at radius 2 is 2.40 bits per heavy atom. The summed E-state index contributed by atoms with van der Waals surface area (Å²) in [6, 6.07) is 3.86. The molecule has 15 heavy (non-hydrogen) atoms. The van der Waals surface area contributed by atoms with Crippen LogP contribution >= 0.6 is 11.6 Å². The number of β-amino-alcohol motifs (C(OH)–C–C–N with tert-alkyl or cyclic N) is 1. The topological polar surface area (TPSA) is 36.4 Å². The highest BCUT2D eigenvalue weighted by Gasteiger charge is 2.27. The van der Waals surface area contributed by atoms with Gasteiger partial charge in [0.05, 0.1) is 6.10 Å². The average molecular weight is 227 g/mol. The van der Waals surface area contributed by atoms with E-state index in [1.165, 1.54) is 0 Å². The lowest BCUT2D eigenvalue weighted by Gasteiger charge is -2.15. The highest BCUT2D eigenvalue weighted by molar-refractivity contribution is 6.30. The molecule has 0 bridgehead atoms. The molecule has 2 unspecified atom stereocenters. The maximum absolute atomic E-state index is 9.63. The lowest BCUT2D eigenvalue weighted by molar-refractivity contribution is 0.147. The Bertz CT molecular complexity index is 335. The molecule has 1 fully saturated rings. The summed E-state index contributed by atoms with van der Waals surface area (Å²) in [4.78, 5) is 6.24. The molecule has 1 aromatic rings. The molecule has 2 rings (SSSR count). The Labute approximate surface area is 94.7 Å². The number of nitrogens with zero attached hydrogens (tertiary/aromatic N) is 2. The van der Waals surface area contributed by atoms with E-state index in [9.17, 15) is 5.11 Å². The fourth-order valence-electron chi connectivity index (χ4n) is 1.96. The zero-order valence-electron chi connectivity index (χ0n) is 8.73. The summed E-state index contributed by atoms with van der Waals surface area (Å²) in [7, 11) is 0. The molecular formula is C11H15ClN2O. The number of rotatable bonds is 2. The fourth-order valence-corrected chi connectivity index (χ4v) is 2.13. The van der Waals surface area contributed by atoms with E-state index in [0.717, 1.165) is 25.2 Å². The molecule has 0 aromatic carbocycles. The molecule has 1 saturated heterocycles. The lowest BCUT2D eigenvalue weighted by atomic mass is 10.1. The number of halogens is 1. The van der Waals surface area contributed by atoms with Crippen molar-refractivity contribution in [3.8, 4) is 0 Å². The van der Waals surface area contributed by atoms with E-state index in [0.29, 0.717) is 11.1 Å². The van der Waals surface area contributed by atoms with E-state index < -0.39 is 0 Å². The van der Waals surface area contributed by atoms with Crippen molar-refractivity contribution in [2.24, 2.45) is 5.92 Å². The second-order valence-corrected chi connectivity index (χ2v) is 4.55. The van der Waals surface area contributed by atoms with Crippen LogP contribution in [-0.4, -0.2) is 34.2 Å². The molecule has 3 nitrogen and oxygen atoms in total. The predicted molar refractivity (Wildman–Crippen MR) is 59.7 cm³/mol. The maximum atomic E-state index is 9.63. The summed E-state index contributed by atoms with van der Waals surface area (Å²) in [5.74, 6) is 0.348. The highest BCUT2D eigenvalue weighted by Crippen LogP contribution is 2.21. The minimum atomic E-state index is -0.208. The summed E-state index contributed by atoms with van der Waals surface area (Å²) in [5.41, 5.74) is 1.03. The van der Waals surface area contributed by atoms with Crippen LogP contribution in [0, 0.1) is 5.92 Å². The van der Waals surface area contributed by atoms with Gasteiger partial charge in [-0.2, -0.15) is 0 Å². The van der Waals surface area contributed by atoms with Crippen LogP contribution in [0.1, 0.15) is 12.5 Å². The molecule has 1 aliphatic heterocycles. The van der Waals surface area contributed by atoms with Gasteiger partial charge in [-0.15, -0.1) is 0 Å². The summed E-state index contributed by atoms with van der Waals surface area (Å²) in [6.07, 6.45) is 1.48. The van der Waals surface area contributed by atoms with Crippen molar-refractivity contribution in [3.63, 3.8) is 0 Å². The molecular weight excluding hydrogens is 212 g/mol. The van der Waals surface area contributed by atoms with Gasteiger partial charge in [-0.05, 0) is 12.0 Å². The molecule has 1 N–H and O–H groups in total. The highest BCUT2D eigenvalue weighted by atomic mass is 35.5. The molecule has 2 heterocycles. The molecule has 0 amide bonds. The van der Waals surface area contributed by atoms with Crippen LogP contribution in [0.5, 0.6) is 0 Å². The molecule has 1 aromatic heterocycles. The van der Waals surface area contributed by atoms with Gasteiger partial charge in [0.1, 0.15) is 5.15 Å². The smallest absolute Gasteiger partial charge is 0.133 e. The summed E-state index contributed by atoms with van der Waals surface area (Å²) < 4.78 is 0. The number of hydrogen-bond acceptors (Lipinski definition) is 3. The number of pyridine rings is 1. The largest absolute Gasteiger partial charge is 0.391 e. The molecule has 1 aliphatic rings. The van der Waals surface area contributed by atoms with Crippen LogP contribution in [0.3, 0.4) is 0 Å². The number of hydrogen-bond donors (Lipinski definition) is 1. The minimum absolute atomic E-state index is 0.208. The van der Waals surface area contributed by atoms with Gasteiger partial charge < -0.3 is 5.11 Å². The van der Waals surface area contributed by atoms with Crippen molar-refractivity contribution in [1.29, 1.82) is 0 Å². The number of aliphatic hydroxyl groups excluding tert-OH is 1. The van der Waals surface area contributed by atoms with E-state index >= 15 is 0 Å². The van der Waals surface area contributed by atoms with Gasteiger partial charge in [-0.3, -0.25) is 4.90 Å². The molecule has 0 saturated carbocycles. The first-order valence-corrected chi connectivity index (χ1v) is 5.54. The number of aromatic nitrogens is 1. The second-order valence-electron chi connectivity index (χ2n) is 4.19. The zero-order chi connectivity index (χ0) is 10.8. The predicted octanol–water partition coefficient (Wildman–Crippen LogP) is 1.55. The molecule has 0 aliphatic carbocycles. The number of aliphatic hydroxyl groups is 1. The average Bonchev–Trinajstić information content (AvgIpc) is 2.50. The van der Waals surface area contributed by atoms with E-state index in [1.807, 2.05) is 12.1 Å². The Morgan fingerprint density at radius 1 is 1.60 bits per heavy atom. The van der Waals surface area contributed by atoms with Gasteiger partial charge in [0.15, 0.2) is 0 Å². The summed E-state index contributed by atoms with van der Waals surface area (Å²) in [6.45, 7) is 4.49.